The number of piperidine rings is 1. The minimum atomic E-state index is -1.82. The van der Waals surface area contributed by atoms with Gasteiger partial charge in [0.2, 0.25) is 11.8 Å². The van der Waals surface area contributed by atoms with Crippen molar-refractivity contribution in [1.29, 1.82) is 0 Å². The summed E-state index contributed by atoms with van der Waals surface area (Å²) in [6.07, 6.45) is 0.958. The van der Waals surface area contributed by atoms with Gasteiger partial charge in [-0.2, -0.15) is 0 Å². The van der Waals surface area contributed by atoms with Crippen molar-refractivity contribution < 1.29 is 19.1 Å². The van der Waals surface area contributed by atoms with Crippen LogP contribution >= 0.6 is 0 Å². The van der Waals surface area contributed by atoms with Crippen molar-refractivity contribution in [1.82, 2.24) is 4.90 Å². The lowest BCUT2D eigenvalue weighted by Gasteiger charge is -2.28. The smallest absolute Gasteiger partial charge is 0.238 e. The highest BCUT2D eigenvalue weighted by Crippen LogP contribution is 2.35. The number of amides is 2. The maximum absolute atomic E-state index is 13.1. The summed E-state index contributed by atoms with van der Waals surface area (Å²) in [5.41, 5.74) is 3.04. The Morgan fingerprint density at radius 2 is 1.64 bits per heavy atom. The van der Waals surface area contributed by atoms with Crippen LogP contribution in [-0.4, -0.2) is 57.3 Å². The number of methoxy groups -OCH3 is 1. The van der Waals surface area contributed by atoms with E-state index in [0.717, 1.165) is 16.9 Å². The molecule has 2 amide bonds. The van der Waals surface area contributed by atoms with Gasteiger partial charge in [-0.3, -0.25) is 19.3 Å². The average molecular weight is 468 g/mol. The van der Waals surface area contributed by atoms with E-state index < -0.39 is 8.07 Å². The fourth-order valence-electron chi connectivity index (χ4n) is 4.05. The third-order valence-corrected chi connectivity index (χ3v) is 7.78. The van der Waals surface area contributed by atoms with Gasteiger partial charge in [0.25, 0.3) is 0 Å². The Kier molecular flexibility index (Phi) is 7.71. The molecular weight excluding hydrogens is 434 g/mol. The number of likely N-dealkylation sites (tertiary alicyclic amines) is 1. The van der Waals surface area contributed by atoms with Gasteiger partial charge in [-0.05, 0) is 23.8 Å². The molecular formula is C25H33N3O4Si. The van der Waals surface area contributed by atoms with E-state index in [-0.39, 0.29) is 24.1 Å². The number of carbonyl (C=O) groups is 3. The summed E-state index contributed by atoms with van der Waals surface area (Å²) in [5, 5.41) is 7.15. The van der Waals surface area contributed by atoms with Crippen molar-refractivity contribution in [3.63, 3.8) is 0 Å². The van der Waals surface area contributed by atoms with E-state index in [4.69, 9.17) is 4.74 Å². The lowest BCUT2D eigenvalue weighted by molar-refractivity contribution is -0.124. The standard InChI is InChI=1S/C25H33N3O4Si/c1-17(29)26-21-10-11-22(33(3,4)5)24(18-6-8-20(32-2)9-7-18)25(21)27-23(31)16-28-14-12-19(30)13-15-28/h6-11H,12-16H2,1-5H3,(H,26,29)(H,27,31). The van der Waals surface area contributed by atoms with E-state index in [1.807, 2.05) is 35.2 Å². The van der Waals surface area contributed by atoms with Crippen LogP contribution in [0.25, 0.3) is 11.1 Å². The molecule has 0 aliphatic carbocycles. The number of rotatable bonds is 7. The maximum Gasteiger partial charge on any atom is 0.238 e. The number of benzene rings is 2. The highest BCUT2D eigenvalue weighted by molar-refractivity contribution is 6.89. The molecule has 0 radical (unpaired) electrons. The van der Waals surface area contributed by atoms with E-state index in [1.165, 1.54) is 12.1 Å². The van der Waals surface area contributed by atoms with Gasteiger partial charge in [0.15, 0.2) is 0 Å². The molecule has 2 aromatic rings. The van der Waals surface area contributed by atoms with Crippen molar-refractivity contribution in [3.05, 3.63) is 36.4 Å². The number of Topliss-reactive ketones (excluding diaryl/α,β-unsaturated/α-hetero) is 1. The zero-order chi connectivity index (χ0) is 24.2. The Morgan fingerprint density at radius 1 is 1.00 bits per heavy atom. The molecule has 2 N–H and O–H groups in total. The van der Waals surface area contributed by atoms with Crippen LogP contribution in [0.5, 0.6) is 5.75 Å². The SMILES string of the molecule is COc1ccc(-c2c([Si](C)(C)C)ccc(NC(C)=O)c2NC(=O)CN2CCC(=O)CC2)cc1. The molecule has 33 heavy (non-hydrogen) atoms. The largest absolute Gasteiger partial charge is 0.497 e. The van der Waals surface area contributed by atoms with Crippen LogP contribution < -0.4 is 20.6 Å². The number of anilines is 2. The minimum Gasteiger partial charge on any atom is -0.497 e. The first-order chi connectivity index (χ1) is 15.6. The first-order valence-electron chi connectivity index (χ1n) is 11.2. The monoisotopic (exact) mass is 467 g/mol. The van der Waals surface area contributed by atoms with Gasteiger partial charge in [-0.15, -0.1) is 0 Å². The van der Waals surface area contributed by atoms with Gasteiger partial charge in [0.1, 0.15) is 11.5 Å². The lowest BCUT2D eigenvalue weighted by atomic mass is 10.0. The zero-order valence-electron chi connectivity index (χ0n) is 20.1. The molecule has 2 aromatic carbocycles. The van der Waals surface area contributed by atoms with Gasteiger partial charge < -0.3 is 15.4 Å². The molecule has 0 spiro atoms. The predicted octanol–water partition coefficient (Wildman–Crippen LogP) is 3.47. The summed E-state index contributed by atoms with van der Waals surface area (Å²) >= 11 is 0. The molecule has 3 rings (SSSR count). The van der Waals surface area contributed by atoms with Crippen molar-refractivity contribution >= 4 is 42.2 Å². The fraction of sp³-hybridized carbons (Fsp3) is 0.400. The number of carbonyl (C=O) groups excluding carboxylic acids is 3. The summed E-state index contributed by atoms with van der Waals surface area (Å²) in [7, 11) is -0.196. The quantitative estimate of drug-likeness (QED) is 0.609. The second kappa shape index (κ2) is 10.3. The molecule has 0 atom stereocenters. The summed E-state index contributed by atoms with van der Waals surface area (Å²) in [6.45, 7) is 9.59. The summed E-state index contributed by atoms with van der Waals surface area (Å²) in [5.74, 6) is 0.612. The third kappa shape index (κ3) is 6.30. The summed E-state index contributed by atoms with van der Waals surface area (Å²) in [4.78, 5) is 38.6. The molecule has 8 heteroatoms. The topological polar surface area (TPSA) is 87.7 Å². The van der Waals surface area contributed by atoms with E-state index in [0.29, 0.717) is 37.3 Å². The first-order valence-corrected chi connectivity index (χ1v) is 14.7. The molecule has 0 unspecified atom stereocenters. The number of hydrogen-bond donors (Lipinski definition) is 2. The van der Waals surface area contributed by atoms with Gasteiger partial charge in [-0.25, -0.2) is 0 Å². The second-order valence-corrected chi connectivity index (χ2v) is 14.5. The number of ketones is 1. The number of nitrogens with zero attached hydrogens (tertiary/aromatic N) is 1. The average Bonchev–Trinajstić information content (AvgIpc) is 2.75. The fourth-order valence-corrected chi connectivity index (χ4v) is 5.65. The molecule has 7 nitrogen and oxygen atoms in total. The molecule has 1 aliphatic rings. The summed E-state index contributed by atoms with van der Waals surface area (Å²) in [6, 6.07) is 11.7. The first kappa shape index (κ1) is 24.7. The van der Waals surface area contributed by atoms with Crippen LogP contribution in [0.3, 0.4) is 0 Å². The van der Waals surface area contributed by atoms with E-state index in [2.05, 4.69) is 36.3 Å². The number of hydrogen-bond acceptors (Lipinski definition) is 5. The Bertz CT molecular complexity index is 1030. The molecule has 1 aliphatic heterocycles. The molecule has 176 valence electrons. The van der Waals surface area contributed by atoms with Gasteiger partial charge in [-0.1, -0.05) is 43.0 Å². The van der Waals surface area contributed by atoms with Crippen LogP contribution in [0.4, 0.5) is 11.4 Å². The Labute approximate surface area is 196 Å². The van der Waals surface area contributed by atoms with Crippen LogP contribution in [-0.2, 0) is 14.4 Å². The van der Waals surface area contributed by atoms with Crippen LogP contribution in [0.1, 0.15) is 19.8 Å². The zero-order valence-corrected chi connectivity index (χ0v) is 21.1. The number of ether oxygens (including phenoxy) is 1. The number of nitrogens with one attached hydrogen (secondary N) is 2. The van der Waals surface area contributed by atoms with E-state index in [1.54, 1.807) is 7.11 Å². The van der Waals surface area contributed by atoms with Crippen LogP contribution in [0.15, 0.2) is 36.4 Å². The Hall–Kier alpha value is -2.97. The van der Waals surface area contributed by atoms with Crippen molar-refractivity contribution in [2.24, 2.45) is 0 Å². The molecule has 1 fully saturated rings. The molecule has 1 heterocycles. The maximum atomic E-state index is 13.1. The normalized spacial score (nSPS) is 14.6. The van der Waals surface area contributed by atoms with Gasteiger partial charge in [0, 0.05) is 38.4 Å². The van der Waals surface area contributed by atoms with E-state index in [9.17, 15) is 14.4 Å². The van der Waals surface area contributed by atoms with Crippen molar-refractivity contribution in [2.45, 2.75) is 39.4 Å². The highest BCUT2D eigenvalue weighted by Gasteiger charge is 2.27. The molecule has 1 saturated heterocycles. The molecule has 0 aromatic heterocycles. The second-order valence-electron chi connectivity index (χ2n) is 9.43. The van der Waals surface area contributed by atoms with Gasteiger partial charge >= 0.3 is 0 Å². The predicted molar refractivity (Wildman–Crippen MR) is 135 cm³/mol. The minimum absolute atomic E-state index is 0.168. The molecule has 0 saturated carbocycles. The lowest BCUT2D eigenvalue weighted by Crippen LogP contribution is -2.41. The molecule has 0 bridgehead atoms. The summed E-state index contributed by atoms with van der Waals surface area (Å²) < 4.78 is 5.32. The Morgan fingerprint density at radius 3 is 2.18 bits per heavy atom. The van der Waals surface area contributed by atoms with Crippen molar-refractivity contribution in [2.75, 3.05) is 37.4 Å². The van der Waals surface area contributed by atoms with Crippen molar-refractivity contribution in [3.8, 4) is 16.9 Å². The van der Waals surface area contributed by atoms with Gasteiger partial charge in [0.05, 0.1) is 33.1 Å². The van der Waals surface area contributed by atoms with E-state index >= 15 is 0 Å². The third-order valence-electron chi connectivity index (χ3n) is 5.75. The van der Waals surface area contributed by atoms with Crippen LogP contribution in [0, 0.1) is 0 Å². The highest BCUT2D eigenvalue weighted by atomic mass is 28.3. The van der Waals surface area contributed by atoms with Crippen LogP contribution in [0.2, 0.25) is 19.6 Å². The Balaban J connectivity index is 2.06.